The minimum atomic E-state index is -0.957. The van der Waals surface area contributed by atoms with Gasteiger partial charge in [0.1, 0.15) is 12.1 Å². The third-order valence-corrected chi connectivity index (χ3v) is 7.12. The van der Waals surface area contributed by atoms with Crippen molar-refractivity contribution >= 4 is 29.6 Å². The van der Waals surface area contributed by atoms with Gasteiger partial charge in [0, 0.05) is 11.8 Å². The molecule has 2 heterocycles. The van der Waals surface area contributed by atoms with Crippen LogP contribution in [-0.2, 0) is 25.5 Å². The largest absolute Gasteiger partial charge is 0.480 e. The van der Waals surface area contributed by atoms with Gasteiger partial charge in [0.15, 0.2) is 0 Å². The predicted molar refractivity (Wildman–Crippen MR) is 115 cm³/mol. The van der Waals surface area contributed by atoms with Crippen LogP contribution in [0.4, 0.5) is 0 Å². The van der Waals surface area contributed by atoms with E-state index in [0.29, 0.717) is 19.3 Å². The summed E-state index contributed by atoms with van der Waals surface area (Å²) in [7, 11) is 0. The normalized spacial score (nSPS) is 24.9. The van der Waals surface area contributed by atoms with E-state index < -0.39 is 30.1 Å². The van der Waals surface area contributed by atoms with Gasteiger partial charge in [-0.2, -0.15) is 11.8 Å². The minimum absolute atomic E-state index is 0.0433. The topological polar surface area (TPSA) is 95.9 Å². The van der Waals surface area contributed by atoms with E-state index in [1.807, 2.05) is 30.3 Å². The number of fused-ring (bicyclic) bond motifs is 1. The lowest BCUT2D eigenvalue weighted by Crippen LogP contribution is -2.55. The van der Waals surface area contributed by atoms with Crippen molar-refractivity contribution in [3.8, 4) is 0 Å². The van der Waals surface area contributed by atoms with E-state index >= 15 is 0 Å². The maximum atomic E-state index is 13.2. The summed E-state index contributed by atoms with van der Waals surface area (Å²) in [6, 6.07) is 7.68. The third kappa shape index (κ3) is 5.16. The monoisotopic (exact) mass is 434 g/mol. The van der Waals surface area contributed by atoms with Crippen molar-refractivity contribution in [1.29, 1.82) is 0 Å². The number of thioether (sulfide) groups is 1. The number of aryl methyl sites for hydroxylation is 1. The number of carboxylic acids is 1. The first-order chi connectivity index (χ1) is 14.4. The van der Waals surface area contributed by atoms with Gasteiger partial charge in [0.05, 0.1) is 12.6 Å². The highest BCUT2D eigenvalue weighted by atomic mass is 32.2. The molecule has 3 rings (SSSR count). The predicted octanol–water partition coefficient (Wildman–Crippen LogP) is 1.95. The van der Waals surface area contributed by atoms with E-state index in [4.69, 9.17) is 4.74 Å². The van der Waals surface area contributed by atoms with Crippen LogP contribution in [0.1, 0.15) is 32.3 Å². The summed E-state index contributed by atoms with van der Waals surface area (Å²) in [5, 5.41) is 12.7. The maximum absolute atomic E-state index is 13.2. The number of esters is 1. The Morgan fingerprint density at radius 2 is 2.00 bits per heavy atom. The molecule has 2 N–H and O–H groups in total. The Hall–Kier alpha value is -2.06. The molecule has 7 nitrogen and oxygen atoms in total. The number of rotatable bonds is 9. The molecular formula is C22H30N2O5S. The first-order valence-corrected chi connectivity index (χ1v) is 11.7. The van der Waals surface area contributed by atoms with E-state index in [1.54, 1.807) is 30.5 Å². The van der Waals surface area contributed by atoms with Crippen LogP contribution in [0.15, 0.2) is 30.3 Å². The molecule has 2 saturated heterocycles. The lowest BCUT2D eigenvalue weighted by atomic mass is 10.0. The van der Waals surface area contributed by atoms with E-state index in [0.717, 1.165) is 17.1 Å². The summed E-state index contributed by atoms with van der Waals surface area (Å²) >= 11 is 1.76. The Labute approximate surface area is 181 Å². The number of nitrogens with zero attached hydrogens (tertiary/aromatic N) is 1. The second kappa shape index (κ2) is 10.3. The summed E-state index contributed by atoms with van der Waals surface area (Å²) in [6.45, 7) is 3.71. The van der Waals surface area contributed by atoms with Gasteiger partial charge in [-0.25, -0.2) is 4.79 Å². The molecule has 3 unspecified atom stereocenters. The molecule has 164 valence electrons. The van der Waals surface area contributed by atoms with E-state index in [-0.39, 0.29) is 24.5 Å². The second-order valence-corrected chi connectivity index (χ2v) is 8.99. The smallest absolute Gasteiger partial charge is 0.326 e. The van der Waals surface area contributed by atoms with Gasteiger partial charge in [0.2, 0.25) is 5.91 Å². The maximum Gasteiger partial charge on any atom is 0.326 e. The van der Waals surface area contributed by atoms with Gasteiger partial charge >= 0.3 is 11.9 Å². The third-order valence-electron chi connectivity index (χ3n) is 5.88. The molecule has 2 fully saturated rings. The summed E-state index contributed by atoms with van der Waals surface area (Å²) in [6.07, 6.45) is 1.66. The highest BCUT2D eigenvalue weighted by molar-refractivity contribution is 7.99. The van der Waals surface area contributed by atoms with Crippen LogP contribution in [-0.4, -0.2) is 70.1 Å². The molecule has 0 aromatic heterocycles. The number of ether oxygens (including phenoxy) is 1. The van der Waals surface area contributed by atoms with Crippen molar-refractivity contribution in [2.75, 3.05) is 18.1 Å². The number of likely N-dealkylation sites (tertiary alicyclic amines) is 1. The minimum Gasteiger partial charge on any atom is -0.480 e. The molecule has 1 aromatic carbocycles. The molecule has 1 amide bonds. The van der Waals surface area contributed by atoms with E-state index in [1.165, 1.54) is 0 Å². The fourth-order valence-electron chi connectivity index (χ4n) is 4.35. The molecule has 2 aliphatic rings. The van der Waals surface area contributed by atoms with Gasteiger partial charge in [-0.15, -0.1) is 0 Å². The molecular weight excluding hydrogens is 404 g/mol. The fourth-order valence-corrected chi connectivity index (χ4v) is 5.82. The molecule has 8 heteroatoms. The standard InChI is InChI=1S/C22H30N2O5S/c1-3-29-22(28)17(10-9-15-7-5-4-6-8-15)23-14(2)20(25)24-18(21(26)27)11-16-12-30-13-19(16)24/h4-8,14,16-19,23H,3,9-13H2,1-2H3,(H,26,27)/t14-,16?,17?,18-,19?/m0/s1. The highest BCUT2D eigenvalue weighted by Gasteiger charge is 2.50. The van der Waals surface area contributed by atoms with Crippen LogP contribution >= 0.6 is 11.8 Å². The van der Waals surface area contributed by atoms with Crippen molar-refractivity contribution in [2.45, 2.75) is 57.3 Å². The van der Waals surface area contributed by atoms with Crippen molar-refractivity contribution in [1.82, 2.24) is 10.2 Å². The summed E-state index contributed by atoms with van der Waals surface area (Å²) in [4.78, 5) is 39.0. The first-order valence-electron chi connectivity index (χ1n) is 10.5. The molecule has 5 atom stereocenters. The summed E-state index contributed by atoms with van der Waals surface area (Å²) in [5.41, 5.74) is 1.10. The molecule has 30 heavy (non-hydrogen) atoms. The molecule has 1 aromatic rings. The van der Waals surface area contributed by atoms with Crippen molar-refractivity contribution in [2.24, 2.45) is 5.92 Å². The zero-order valence-electron chi connectivity index (χ0n) is 17.5. The molecule has 0 radical (unpaired) electrons. The number of hydrogen-bond acceptors (Lipinski definition) is 6. The average molecular weight is 435 g/mol. The number of nitrogens with one attached hydrogen (secondary N) is 1. The van der Waals surface area contributed by atoms with Crippen molar-refractivity contribution in [3.05, 3.63) is 35.9 Å². The molecule has 2 aliphatic heterocycles. The molecule has 0 spiro atoms. The Kier molecular flexibility index (Phi) is 7.77. The van der Waals surface area contributed by atoms with Crippen LogP contribution in [0, 0.1) is 5.92 Å². The van der Waals surface area contributed by atoms with E-state index in [9.17, 15) is 19.5 Å². The lowest BCUT2D eigenvalue weighted by molar-refractivity contribution is -0.151. The number of carbonyl (C=O) groups is 3. The Morgan fingerprint density at radius 1 is 1.27 bits per heavy atom. The Morgan fingerprint density at radius 3 is 2.67 bits per heavy atom. The number of benzene rings is 1. The van der Waals surface area contributed by atoms with Gasteiger partial charge in [-0.1, -0.05) is 30.3 Å². The van der Waals surface area contributed by atoms with Gasteiger partial charge < -0.3 is 14.7 Å². The fraction of sp³-hybridized carbons (Fsp3) is 0.591. The summed E-state index contributed by atoms with van der Waals surface area (Å²) < 4.78 is 5.20. The van der Waals surface area contributed by atoms with Crippen molar-refractivity contribution in [3.63, 3.8) is 0 Å². The van der Waals surface area contributed by atoms with Crippen LogP contribution in [0.25, 0.3) is 0 Å². The van der Waals surface area contributed by atoms with Gasteiger partial charge in [-0.3, -0.25) is 14.9 Å². The van der Waals surface area contributed by atoms with Crippen molar-refractivity contribution < 1.29 is 24.2 Å². The lowest BCUT2D eigenvalue weighted by Gasteiger charge is -2.31. The highest BCUT2D eigenvalue weighted by Crippen LogP contribution is 2.40. The van der Waals surface area contributed by atoms with E-state index in [2.05, 4.69) is 5.32 Å². The number of carbonyl (C=O) groups excluding carboxylic acids is 2. The molecule has 0 bridgehead atoms. The van der Waals surface area contributed by atoms with Crippen LogP contribution in [0.5, 0.6) is 0 Å². The van der Waals surface area contributed by atoms with Gasteiger partial charge in [-0.05, 0) is 50.3 Å². The molecule has 0 saturated carbocycles. The number of carboxylic acid groups (broad SMARTS) is 1. The second-order valence-electron chi connectivity index (χ2n) is 7.92. The SMILES string of the molecule is CCOC(=O)C(CCc1ccccc1)N[C@@H](C)C(=O)N1C2CSCC2C[C@H]1C(=O)O. The first kappa shape index (κ1) is 22.6. The Bertz CT molecular complexity index is 759. The van der Waals surface area contributed by atoms with Crippen LogP contribution < -0.4 is 5.32 Å². The zero-order chi connectivity index (χ0) is 21.7. The average Bonchev–Trinajstić information content (AvgIpc) is 3.32. The van der Waals surface area contributed by atoms with Crippen LogP contribution in [0.3, 0.4) is 0 Å². The number of aliphatic carboxylic acids is 1. The zero-order valence-corrected chi connectivity index (χ0v) is 18.3. The Balaban J connectivity index is 1.68. The quantitative estimate of drug-likeness (QED) is 0.574. The van der Waals surface area contributed by atoms with Gasteiger partial charge in [0.25, 0.3) is 0 Å². The molecule has 0 aliphatic carbocycles. The number of amides is 1. The van der Waals surface area contributed by atoms with Crippen LogP contribution in [0.2, 0.25) is 0 Å². The summed E-state index contributed by atoms with van der Waals surface area (Å²) in [5.74, 6) is 0.280. The number of hydrogen-bond donors (Lipinski definition) is 2.